The third kappa shape index (κ3) is 4.32. The van der Waals surface area contributed by atoms with Crippen LogP contribution in [0.5, 0.6) is 5.75 Å². The summed E-state index contributed by atoms with van der Waals surface area (Å²) in [6.45, 7) is 0. The topological polar surface area (TPSA) is 76.4 Å². The summed E-state index contributed by atoms with van der Waals surface area (Å²) in [5, 5.41) is 5.10. The average Bonchev–Trinajstić information content (AvgIpc) is 2.95. The van der Waals surface area contributed by atoms with Gasteiger partial charge in [0.1, 0.15) is 5.75 Å². The van der Waals surface area contributed by atoms with Gasteiger partial charge in [-0.1, -0.05) is 0 Å². The maximum Gasteiger partial charge on any atom is 0.573 e. The number of anilines is 1. The van der Waals surface area contributed by atoms with E-state index in [1.165, 1.54) is 12.1 Å². The molecule has 1 aliphatic carbocycles. The molecule has 0 saturated heterocycles. The first-order valence-electron chi connectivity index (χ1n) is 5.52. The summed E-state index contributed by atoms with van der Waals surface area (Å²) in [5.41, 5.74) is 5.88. The summed E-state index contributed by atoms with van der Waals surface area (Å²) in [6, 6.07) is 4.36. The summed E-state index contributed by atoms with van der Waals surface area (Å²) in [4.78, 5) is 11.4. The summed E-state index contributed by atoms with van der Waals surface area (Å²) in [5.74, 6) is -0.345. The predicted molar refractivity (Wildman–Crippen MR) is 61.7 cm³/mol. The van der Waals surface area contributed by atoms with Crippen molar-refractivity contribution in [3.05, 3.63) is 24.3 Å². The smallest absolute Gasteiger partial charge is 0.406 e. The molecule has 4 N–H and O–H groups in total. The van der Waals surface area contributed by atoms with Crippen molar-refractivity contribution in [1.82, 2.24) is 5.32 Å². The monoisotopic (exact) mass is 275 g/mol. The quantitative estimate of drug-likeness (QED) is 0.787. The highest BCUT2D eigenvalue weighted by Gasteiger charge is 2.34. The molecule has 2 rings (SSSR count). The van der Waals surface area contributed by atoms with E-state index in [4.69, 9.17) is 5.73 Å². The highest BCUT2D eigenvalue weighted by molar-refractivity contribution is 5.89. The van der Waals surface area contributed by atoms with E-state index in [1.807, 2.05) is 0 Å². The lowest BCUT2D eigenvalue weighted by atomic mass is 10.3. The van der Waals surface area contributed by atoms with E-state index >= 15 is 0 Å². The van der Waals surface area contributed by atoms with Gasteiger partial charge in [-0.2, -0.15) is 0 Å². The summed E-state index contributed by atoms with van der Waals surface area (Å²) < 4.78 is 39.5. The Morgan fingerprint density at radius 3 is 2.37 bits per heavy atom. The lowest BCUT2D eigenvalue weighted by Crippen LogP contribution is -2.33. The molecule has 1 aromatic rings. The number of hydrogen-bond donors (Lipinski definition) is 3. The van der Waals surface area contributed by atoms with Gasteiger partial charge in [0.15, 0.2) is 0 Å². The molecule has 1 saturated carbocycles. The number of nitrogens with one attached hydrogen (secondary N) is 2. The molecule has 1 fully saturated rings. The van der Waals surface area contributed by atoms with Crippen LogP contribution in [-0.2, 0) is 0 Å². The van der Waals surface area contributed by atoms with Gasteiger partial charge in [-0.25, -0.2) is 4.79 Å². The minimum atomic E-state index is -4.73. The number of urea groups is 1. The van der Waals surface area contributed by atoms with Crippen LogP contribution in [0.4, 0.5) is 23.7 Å². The third-order valence-electron chi connectivity index (χ3n) is 2.50. The first-order valence-corrected chi connectivity index (χ1v) is 5.52. The van der Waals surface area contributed by atoms with E-state index in [0.29, 0.717) is 5.69 Å². The standard InChI is InChI=1S/C11H12F3N3O2/c12-11(13,14)19-7-3-1-6(2-4-7)16-10(18)17-9-5-8(9)15/h1-4,8-9H,5,15H2,(H2,16,17,18). The SMILES string of the molecule is NC1CC1NC(=O)Nc1ccc(OC(F)(F)F)cc1. The highest BCUT2D eigenvalue weighted by Crippen LogP contribution is 2.24. The number of carbonyl (C=O) groups is 1. The molecular weight excluding hydrogens is 263 g/mol. The zero-order chi connectivity index (χ0) is 14.0. The maximum absolute atomic E-state index is 11.9. The molecule has 0 heterocycles. The molecule has 5 nitrogen and oxygen atoms in total. The molecule has 1 aromatic carbocycles. The van der Waals surface area contributed by atoms with Crippen molar-refractivity contribution in [2.45, 2.75) is 24.9 Å². The number of halogens is 3. The molecule has 1 aliphatic rings. The van der Waals surface area contributed by atoms with Crippen molar-refractivity contribution >= 4 is 11.7 Å². The van der Waals surface area contributed by atoms with E-state index in [9.17, 15) is 18.0 Å². The van der Waals surface area contributed by atoms with Crippen LogP contribution in [0.25, 0.3) is 0 Å². The second kappa shape index (κ2) is 4.96. The Morgan fingerprint density at radius 1 is 1.32 bits per heavy atom. The van der Waals surface area contributed by atoms with Gasteiger partial charge in [0, 0.05) is 17.8 Å². The van der Waals surface area contributed by atoms with Crippen LogP contribution < -0.4 is 21.1 Å². The summed E-state index contributed by atoms with van der Waals surface area (Å²) >= 11 is 0. The predicted octanol–water partition coefficient (Wildman–Crippen LogP) is 1.81. The Labute approximate surface area is 106 Å². The largest absolute Gasteiger partial charge is 0.573 e. The fourth-order valence-corrected chi connectivity index (χ4v) is 1.46. The Hall–Kier alpha value is -1.96. The van der Waals surface area contributed by atoms with E-state index in [2.05, 4.69) is 15.4 Å². The van der Waals surface area contributed by atoms with Crippen LogP contribution in [0.15, 0.2) is 24.3 Å². The maximum atomic E-state index is 11.9. The number of alkyl halides is 3. The summed E-state index contributed by atoms with van der Waals surface area (Å²) in [7, 11) is 0. The molecule has 2 amide bonds. The van der Waals surface area contributed by atoms with Gasteiger partial charge in [0.05, 0.1) is 0 Å². The van der Waals surface area contributed by atoms with E-state index in [0.717, 1.165) is 18.6 Å². The Bertz CT molecular complexity index is 461. The number of ether oxygens (including phenoxy) is 1. The minimum absolute atomic E-state index is 0.0201. The number of benzene rings is 1. The minimum Gasteiger partial charge on any atom is -0.406 e. The number of carbonyl (C=O) groups excluding carboxylic acids is 1. The van der Waals surface area contributed by atoms with Gasteiger partial charge in [0.25, 0.3) is 0 Å². The number of rotatable bonds is 3. The Morgan fingerprint density at radius 2 is 1.89 bits per heavy atom. The molecule has 2 atom stereocenters. The molecule has 0 radical (unpaired) electrons. The van der Waals surface area contributed by atoms with Crippen molar-refractivity contribution in [3.63, 3.8) is 0 Å². The fraction of sp³-hybridized carbons (Fsp3) is 0.364. The third-order valence-corrected chi connectivity index (χ3v) is 2.50. The van der Waals surface area contributed by atoms with Gasteiger partial charge < -0.3 is 21.1 Å². The van der Waals surface area contributed by atoms with E-state index < -0.39 is 12.4 Å². The van der Waals surface area contributed by atoms with Crippen molar-refractivity contribution in [3.8, 4) is 5.75 Å². The van der Waals surface area contributed by atoms with Gasteiger partial charge in [-0.3, -0.25) is 0 Å². The number of amides is 2. The second-order valence-electron chi connectivity index (χ2n) is 4.18. The fourth-order valence-electron chi connectivity index (χ4n) is 1.46. The number of nitrogens with two attached hydrogens (primary N) is 1. The second-order valence-corrected chi connectivity index (χ2v) is 4.18. The number of hydrogen-bond acceptors (Lipinski definition) is 3. The molecule has 0 bridgehead atoms. The Kier molecular flexibility index (Phi) is 3.52. The highest BCUT2D eigenvalue weighted by atomic mass is 19.4. The molecule has 0 aromatic heterocycles. The van der Waals surface area contributed by atoms with Crippen LogP contribution >= 0.6 is 0 Å². The van der Waals surface area contributed by atoms with Gasteiger partial charge >= 0.3 is 12.4 Å². The zero-order valence-electron chi connectivity index (χ0n) is 9.70. The Balaban J connectivity index is 1.86. The van der Waals surface area contributed by atoms with Crippen LogP contribution in [0.2, 0.25) is 0 Å². The first kappa shape index (κ1) is 13.5. The summed E-state index contributed by atoms with van der Waals surface area (Å²) in [6.07, 6.45) is -4.00. The van der Waals surface area contributed by atoms with Gasteiger partial charge in [0.2, 0.25) is 0 Å². The molecule has 0 spiro atoms. The molecular formula is C11H12F3N3O2. The van der Waals surface area contributed by atoms with Crippen LogP contribution in [0.1, 0.15) is 6.42 Å². The van der Waals surface area contributed by atoms with Crippen LogP contribution in [0.3, 0.4) is 0 Å². The molecule has 2 unspecified atom stereocenters. The molecule has 19 heavy (non-hydrogen) atoms. The average molecular weight is 275 g/mol. The van der Waals surface area contributed by atoms with E-state index in [-0.39, 0.29) is 17.8 Å². The van der Waals surface area contributed by atoms with Gasteiger partial charge in [-0.15, -0.1) is 13.2 Å². The van der Waals surface area contributed by atoms with Crippen molar-refractivity contribution < 1.29 is 22.7 Å². The molecule has 104 valence electrons. The van der Waals surface area contributed by atoms with Crippen molar-refractivity contribution in [2.75, 3.05) is 5.32 Å². The van der Waals surface area contributed by atoms with Crippen LogP contribution in [-0.4, -0.2) is 24.5 Å². The van der Waals surface area contributed by atoms with Gasteiger partial charge in [-0.05, 0) is 30.7 Å². The lowest BCUT2D eigenvalue weighted by molar-refractivity contribution is -0.274. The molecule has 8 heteroatoms. The first-order chi connectivity index (χ1) is 8.83. The lowest BCUT2D eigenvalue weighted by Gasteiger charge is -2.10. The normalized spacial score (nSPS) is 21.7. The molecule has 0 aliphatic heterocycles. The van der Waals surface area contributed by atoms with Crippen LogP contribution in [0, 0.1) is 0 Å². The van der Waals surface area contributed by atoms with Crippen molar-refractivity contribution in [1.29, 1.82) is 0 Å². The van der Waals surface area contributed by atoms with Crippen molar-refractivity contribution in [2.24, 2.45) is 5.73 Å². The zero-order valence-corrected chi connectivity index (χ0v) is 9.70. The van der Waals surface area contributed by atoms with E-state index in [1.54, 1.807) is 0 Å².